The number of nitro benzene ring substituents is 1. The highest BCUT2D eigenvalue weighted by Gasteiger charge is 2.29. The Labute approximate surface area is 179 Å². The van der Waals surface area contributed by atoms with Crippen molar-refractivity contribution < 1.29 is 18.1 Å². The Bertz CT molecular complexity index is 1050. The number of aryl methyl sites for hydroxylation is 1. The molecular weight excluding hydrogens is 432 g/mol. The van der Waals surface area contributed by atoms with Crippen LogP contribution >= 0.6 is 11.6 Å². The molecule has 1 N–H and O–H groups in total. The van der Waals surface area contributed by atoms with Crippen molar-refractivity contribution in [2.75, 3.05) is 38.0 Å². The highest BCUT2D eigenvalue weighted by Crippen LogP contribution is 2.27. The van der Waals surface area contributed by atoms with Crippen molar-refractivity contribution in [3.05, 3.63) is 63.2 Å². The van der Waals surface area contributed by atoms with Crippen LogP contribution in [0.1, 0.15) is 5.56 Å². The number of halogens is 1. The molecule has 0 aromatic heterocycles. The van der Waals surface area contributed by atoms with E-state index in [2.05, 4.69) is 5.32 Å². The second-order valence-corrected chi connectivity index (χ2v) is 9.28. The molecule has 30 heavy (non-hydrogen) atoms. The van der Waals surface area contributed by atoms with Gasteiger partial charge in [-0.15, -0.1) is 0 Å². The summed E-state index contributed by atoms with van der Waals surface area (Å²) in [5, 5.41) is 14.3. The Morgan fingerprint density at radius 1 is 1.13 bits per heavy atom. The van der Waals surface area contributed by atoms with Crippen LogP contribution in [0.25, 0.3) is 0 Å². The fraction of sp³-hybridized carbons (Fsp3) is 0.316. The Hall–Kier alpha value is -2.53. The predicted molar refractivity (Wildman–Crippen MR) is 113 cm³/mol. The minimum atomic E-state index is -3.63. The zero-order chi connectivity index (χ0) is 21.9. The molecule has 1 fully saturated rings. The van der Waals surface area contributed by atoms with Crippen molar-refractivity contribution in [1.82, 2.24) is 9.21 Å². The van der Waals surface area contributed by atoms with E-state index in [-0.39, 0.29) is 41.8 Å². The molecule has 1 aliphatic heterocycles. The predicted octanol–water partition coefficient (Wildman–Crippen LogP) is 2.50. The minimum Gasteiger partial charge on any atom is -0.319 e. The third-order valence-corrected chi connectivity index (χ3v) is 7.03. The summed E-state index contributed by atoms with van der Waals surface area (Å²) in [5.74, 6) is -0.388. The quantitative estimate of drug-likeness (QED) is 0.532. The molecule has 1 saturated heterocycles. The number of nitrogens with zero attached hydrogens (tertiary/aromatic N) is 3. The summed E-state index contributed by atoms with van der Waals surface area (Å²) < 4.78 is 26.8. The van der Waals surface area contributed by atoms with Gasteiger partial charge in [0.05, 0.1) is 16.4 Å². The maximum Gasteiger partial charge on any atom is 0.293 e. The molecule has 1 aliphatic rings. The summed E-state index contributed by atoms with van der Waals surface area (Å²) in [4.78, 5) is 25.1. The van der Waals surface area contributed by atoms with Crippen LogP contribution in [0, 0.1) is 17.0 Å². The van der Waals surface area contributed by atoms with Crippen molar-refractivity contribution in [2.45, 2.75) is 11.8 Å². The Morgan fingerprint density at radius 3 is 2.37 bits per heavy atom. The number of piperazine rings is 1. The number of rotatable bonds is 6. The molecule has 2 aromatic carbocycles. The molecule has 0 saturated carbocycles. The lowest BCUT2D eigenvalue weighted by molar-refractivity contribution is -0.384. The molecule has 0 unspecified atom stereocenters. The maximum absolute atomic E-state index is 12.7. The average molecular weight is 453 g/mol. The number of carbonyl (C=O) groups excluding carboxylic acids is 1. The van der Waals surface area contributed by atoms with E-state index in [1.54, 1.807) is 19.1 Å². The van der Waals surface area contributed by atoms with Gasteiger partial charge >= 0.3 is 0 Å². The molecule has 1 amide bonds. The number of hydrogen-bond donors (Lipinski definition) is 1. The molecule has 0 aliphatic carbocycles. The molecule has 0 radical (unpaired) electrons. The van der Waals surface area contributed by atoms with Gasteiger partial charge in [0.15, 0.2) is 0 Å². The highest BCUT2D eigenvalue weighted by atomic mass is 35.5. The molecule has 0 atom stereocenters. The van der Waals surface area contributed by atoms with Crippen LogP contribution in [0.2, 0.25) is 5.02 Å². The smallest absolute Gasteiger partial charge is 0.293 e. The molecule has 9 nitrogen and oxygen atoms in total. The molecule has 3 rings (SSSR count). The number of nitro groups is 1. The first-order chi connectivity index (χ1) is 14.2. The largest absolute Gasteiger partial charge is 0.319 e. The van der Waals surface area contributed by atoms with Crippen molar-refractivity contribution in [1.29, 1.82) is 0 Å². The van der Waals surface area contributed by atoms with Gasteiger partial charge in [-0.25, -0.2) is 8.42 Å². The monoisotopic (exact) mass is 452 g/mol. The van der Waals surface area contributed by atoms with Gasteiger partial charge in [-0.2, -0.15) is 4.31 Å². The zero-order valence-electron chi connectivity index (χ0n) is 16.2. The van der Waals surface area contributed by atoms with E-state index >= 15 is 0 Å². The Balaban J connectivity index is 1.59. The summed E-state index contributed by atoms with van der Waals surface area (Å²) in [7, 11) is -3.63. The number of para-hydroxylation sites is 1. The Kier molecular flexibility index (Phi) is 6.71. The lowest BCUT2D eigenvalue weighted by Gasteiger charge is -2.33. The van der Waals surface area contributed by atoms with Gasteiger partial charge in [-0.1, -0.05) is 23.7 Å². The average Bonchev–Trinajstić information content (AvgIpc) is 2.70. The lowest BCUT2D eigenvalue weighted by atomic mass is 10.1. The van der Waals surface area contributed by atoms with Gasteiger partial charge < -0.3 is 5.32 Å². The maximum atomic E-state index is 12.7. The molecule has 0 spiro atoms. The van der Waals surface area contributed by atoms with Crippen LogP contribution in [-0.2, 0) is 14.8 Å². The number of carbonyl (C=O) groups is 1. The molecule has 1 heterocycles. The van der Waals surface area contributed by atoms with E-state index in [9.17, 15) is 23.3 Å². The van der Waals surface area contributed by atoms with Gasteiger partial charge in [-0.05, 0) is 36.8 Å². The van der Waals surface area contributed by atoms with E-state index in [1.807, 2.05) is 4.90 Å². The van der Waals surface area contributed by atoms with Crippen molar-refractivity contribution in [2.24, 2.45) is 0 Å². The standard InChI is InChI=1S/C19H21ClN4O5S/c1-14-3-2-4-17(24(26)27)19(14)21-18(25)13-22-9-11-23(12-10-22)30(28,29)16-7-5-15(20)6-8-16/h2-8H,9-13H2,1H3,(H,21,25). The molecule has 0 bridgehead atoms. The first kappa shape index (κ1) is 22.2. The first-order valence-electron chi connectivity index (χ1n) is 9.20. The molecule has 11 heteroatoms. The van der Waals surface area contributed by atoms with E-state index in [4.69, 9.17) is 11.6 Å². The number of hydrogen-bond acceptors (Lipinski definition) is 6. The minimum absolute atomic E-state index is 0.0142. The number of amides is 1. The SMILES string of the molecule is Cc1cccc([N+](=O)[O-])c1NC(=O)CN1CCN(S(=O)(=O)c2ccc(Cl)cc2)CC1. The second-order valence-electron chi connectivity index (χ2n) is 6.91. The number of benzene rings is 2. The van der Waals surface area contributed by atoms with Gasteiger partial charge in [0, 0.05) is 37.3 Å². The summed E-state index contributed by atoms with van der Waals surface area (Å²) in [5.41, 5.74) is 0.607. The number of anilines is 1. The Morgan fingerprint density at radius 2 is 1.77 bits per heavy atom. The lowest BCUT2D eigenvalue weighted by Crippen LogP contribution is -2.50. The van der Waals surface area contributed by atoms with Crippen LogP contribution in [0.15, 0.2) is 47.4 Å². The van der Waals surface area contributed by atoms with Crippen LogP contribution in [0.3, 0.4) is 0 Å². The van der Waals surface area contributed by atoms with Gasteiger partial charge in [0.2, 0.25) is 15.9 Å². The zero-order valence-corrected chi connectivity index (χ0v) is 17.8. The summed E-state index contributed by atoms with van der Waals surface area (Å²) in [6.07, 6.45) is 0. The van der Waals surface area contributed by atoms with Crippen LogP contribution in [0.4, 0.5) is 11.4 Å². The van der Waals surface area contributed by atoms with Crippen LogP contribution < -0.4 is 5.32 Å². The van der Waals surface area contributed by atoms with Gasteiger partial charge in [0.25, 0.3) is 5.69 Å². The van der Waals surface area contributed by atoms with Gasteiger partial charge in [0.1, 0.15) is 5.69 Å². The molecule has 2 aromatic rings. The molecular formula is C19H21ClN4O5S. The molecule has 160 valence electrons. The normalized spacial score (nSPS) is 15.7. The third kappa shape index (κ3) is 4.96. The fourth-order valence-electron chi connectivity index (χ4n) is 3.23. The van der Waals surface area contributed by atoms with Crippen molar-refractivity contribution in [3.63, 3.8) is 0 Å². The van der Waals surface area contributed by atoms with Crippen LogP contribution in [-0.4, -0.2) is 61.2 Å². The topological polar surface area (TPSA) is 113 Å². The van der Waals surface area contributed by atoms with E-state index in [0.29, 0.717) is 23.7 Å². The fourth-order valence-corrected chi connectivity index (χ4v) is 4.78. The van der Waals surface area contributed by atoms with Crippen molar-refractivity contribution in [3.8, 4) is 0 Å². The first-order valence-corrected chi connectivity index (χ1v) is 11.0. The highest BCUT2D eigenvalue weighted by molar-refractivity contribution is 7.89. The van der Waals surface area contributed by atoms with Crippen molar-refractivity contribution >= 4 is 38.9 Å². The van der Waals surface area contributed by atoms with Crippen LogP contribution in [0.5, 0.6) is 0 Å². The number of sulfonamides is 1. The second kappa shape index (κ2) is 9.09. The van der Waals surface area contributed by atoms with E-state index in [1.165, 1.54) is 34.6 Å². The number of nitrogens with one attached hydrogen (secondary N) is 1. The van der Waals surface area contributed by atoms with E-state index < -0.39 is 14.9 Å². The summed E-state index contributed by atoms with van der Waals surface area (Å²) in [6, 6.07) is 10.6. The summed E-state index contributed by atoms with van der Waals surface area (Å²) >= 11 is 5.82. The van der Waals surface area contributed by atoms with Gasteiger partial charge in [-0.3, -0.25) is 19.8 Å². The van der Waals surface area contributed by atoms with E-state index in [0.717, 1.165) is 0 Å². The third-order valence-electron chi connectivity index (χ3n) is 4.86. The summed E-state index contributed by atoms with van der Waals surface area (Å²) in [6.45, 7) is 2.92.